The average Bonchev–Trinajstić information content (AvgIpc) is 2.78. The van der Waals surface area contributed by atoms with Crippen LogP contribution in [0.1, 0.15) is 11.8 Å². The highest BCUT2D eigenvalue weighted by molar-refractivity contribution is 8.02. The zero-order valence-electron chi connectivity index (χ0n) is 7.64. The van der Waals surface area contributed by atoms with Gasteiger partial charge in [0.2, 0.25) is 0 Å². The summed E-state index contributed by atoms with van der Waals surface area (Å²) in [6.07, 6.45) is 0.0494. The summed E-state index contributed by atoms with van der Waals surface area (Å²) in [5.41, 5.74) is 1.20. The first-order valence-electron chi connectivity index (χ1n) is 4.73. The van der Waals surface area contributed by atoms with Gasteiger partial charge in [0.25, 0.3) is 0 Å². The highest BCUT2D eigenvalue weighted by Gasteiger charge is 2.33. The number of benzene rings is 1. The first-order valence-corrected chi connectivity index (χ1v) is 5.78. The molecule has 14 heavy (non-hydrogen) atoms. The van der Waals surface area contributed by atoms with E-state index in [1.807, 2.05) is 30.0 Å². The number of ether oxygens (including phenoxy) is 1. The van der Waals surface area contributed by atoms with Crippen LogP contribution in [0.5, 0.6) is 0 Å². The van der Waals surface area contributed by atoms with Crippen molar-refractivity contribution in [1.82, 2.24) is 5.32 Å². The molecule has 3 rings (SSSR count). The van der Waals surface area contributed by atoms with Gasteiger partial charge in [-0.25, -0.2) is 0 Å². The van der Waals surface area contributed by atoms with Crippen LogP contribution in [0.4, 0.5) is 0 Å². The molecule has 2 aliphatic rings. The minimum Gasteiger partial charge on any atom is -0.473 e. The standard InChI is InChI=1S/C11H11NOS/c1-2-4-8(5-3-1)11-12-9-6-14-7-10(9)13-11/h1-5,7,9,11-12H,6H2/t9-,11+/m1/s1. The third-order valence-electron chi connectivity index (χ3n) is 2.51. The quantitative estimate of drug-likeness (QED) is 0.760. The third kappa shape index (κ3) is 1.33. The van der Waals surface area contributed by atoms with Gasteiger partial charge < -0.3 is 4.74 Å². The number of nitrogens with one attached hydrogen (secondary N) is 1. The van der Waals surface area contributed by atoms with Crippen LogP contribution in [-0.2, 0) is 4.74 Å². The second-order valence-corrected chi connectivity index (χ2v) is 4.38. The predicted octanol–water partition coefficient (Wildman–Crippen LogP) is 2.26. The molecule has 72 valence electrons. The molecule has 1 aromatic carbocycles. The van der Waals surface area contributed by atoms with Crippen LogP contribution < -0.4 is 5.32 Å². The Kier molecular flexibility index (Phi) is 2.00. The molecule has 0 unspecified atom stereocenters. The fourth-order valence-electron chi connectivity index (χ4n) is 1.78. The van der Waals surface area contributed by atoms with Crippen molar-refractivity contribution in [3.8, 4) is 0 Å². The molecule has 1 fully saturated rings. The normalized spacial score (nSPS) is 29.6. The Bertz CT molecular complexity index is 363. The Balaban J connectivity index is 1.83. The van der Waals surface area contributed by atoms with E-state index in [1.165, 1.54) is 5.56 Å². The second-order valence-electron chi connectivity index (χ2n) is 3.48. The monoisotopic (exact) mass is 205 g/mol. The molecule has 1 saturated heterocycles. The van der Waals surface area contributed by atoms with Gasteiger partial charge in [0.1, 0.15) is 5.76 Å². The molecule has 0 saturated carbocycles. The van der Waals surface area contributed by atoms with Gasteiger partial charge in [-0.15, -0.1) is 11.8 Å². The van der Waals surface area contributed by atoms with E-state index in [2.05, 4.69) is 22.9 Å². The second kappa shape index (κ2) is 3.33. The average molecular weight is 205 g/mol. The van der Waals surface area contributed by atoms with E-state index in [4.69, 9.17) is 4.74 Å². The fraction of sp³-hybridized carbons (Fsp3) is 0.273. The molecular weight excluding hydrogens is 194 g/mol. The van der Waals surface area contributed by atoms with E-state index in [1.54, 1.807) is 0 Å². The van der Waals surface area contributed by atoms with E-state index in [9.17, 15) is 0 Å². The van der Waals surface area contributed by atoms with Gasteiger partial charge >= 0.3 is 0 Å². The van der Waals surface area contributed by atoms with Gasteiger partial charge in [-0.2, -0.15) is 0 Å². The topological polar surface area (TPSA) is 21.3 Å². The maximum absolute atomic E-state index is 5.80. The summed E-state index contributed by atoms with van der Waals surface area (Å²) in [7, 11) is 0. The zero-order valence-corrected chi connectivity index (χ0v) is 8.46. The lowest BCUT2D eigenvalue weighted by atomic mass is 10.2. The Labute approximate surface area is 87.3 Å². The van der Waals surface area contributed by atoms with Gasteiger partial charge in [-0.05, 0) is 0 Å². The molecule has 1 N–H and O–H groups in total. The van der Waals surface area contributed by atoms with Crippen molar-refractivity contribution in [2.75, 3.05) is 5.75 Å². The van der Waals surface area contributed by atoms with Gasteiger partial charge in [-0.1, -0.05) is 30.3 Å². The first kappa shape index (κ1) is 8.38. The van der Waals surface area contributed by atoms with Crippen LogP contribution in [0.25, 0.3) is 0 Å². The number of thioether (sulfide) groups is 1. The van der Waals surface area contributed by atoms with E-state index in [0.717, 1.165) is 11.5 Å². The maximum atomic E-state index is 5.80. The van der Waals surface area contributed by atoms with Gasteiger partial charge in [0.05, 0.1) is 6.04 Å². The summed E-state index contributed by atoms with van der Waals surface area (Å²) in [5.74, 6) is 2.20. The van der Waals surface area contributed by atoms with Crippen LogP contribution >= 0.6 is 11.8 Å². The lowest BCUT2D eigenvalue weighted by Crippen LogP contribution is -2.25. The minimum absolute atomic E-state index is 0.0494. The van der Waals surface area contributed by atoms with Crippen LogP contribution in [-0.4, -0.2) is 11.8 Å². The molecule has 0 aliphatic carbocycles. The Morgan fingerprint density at radius 2 is 2.14 bits per heavy atom. The molecule has 1 aromatic rings. The summed E-state index contributed by atoms with van der Waals surface area (Å²) in [4.78, 5) is 0. The van der Waals surface area contributed by atoms with Gasteiger partial charge in [0.15, 0.2) is 6.23 Å². The molecule has 0 amide bonds. The molecule has 0 radical (unpaired) electrons. The summed E-state index contributed by atoms with van der Waals surface area (Å²) in [6, 6.07) is 10.7. The largest absolute Gasteiger partial charge is 0.473 e. The van der Waals surface area contributed by atoms with E-state index < -0.39 is 0 Å². The third-order valence-corrected chi connectivity index (χ3v) is 3.44. The number of hydrogen-bond acceptors (Lipinski definition) is 3. The van der Waals surface area contributed by atoms with Gasteiger partial charge in [0, 0.05) is 16.7 Å². The smallest absolute Gasteiger partial charge is 0.176 e. The Hall–Kier alpha value is -0.930. The van der Waals surface area contributed by atoms with Gasteiger partial charge in [-0.3, -0.25) is 5.32 Å². The van der Waals surface area contributed by atoms with E-state index in [-0.39, 0.29) is 6.23 Å². The van der Waals surface area contributed by atoms with Crippen molar-refractivity contribution in [2.24, 2.45) is 0 Å². The van der Waals surface area contributed by atoms with Crippen LogP contribution in [0.2, 0.25) is 0 Å². The van der Waals surface area contributed by atoms with E-state index in [0.29, 0.717) is 6.04 Å². The van der Waals surface area contributed by atoms with Crippen molar-refractivity contribution < 1.29 is 4.74 Å². The SMILES string of the molecule is C1=C2O[C@@H](c3ccccc3)N[C@@H]2CS1. The summed E-state index contributed by atoms with van der Waals surface area (Å²) in [6.45, 7) is 0. The molecular formula is C11H11NOS. The highest BCUT2D eigenvalue weighted by Crippen LogP contribution is 2.34. The molecule has 2 atom stereocenters. The van der Waals surface area contributed by atoms with Crippen molar-refractivity contribution >= 4 is 11.8 Å². The zero-order chi connectivity index (χ0) is 9.38. The van der Waals surface area contributed by atoms with Crippen LogP contribution in [0.15, 0.2) is 41.5 Å². The van der Waals surface area contributed by atoms with Crippen molar-refractivity contribution in [3.05, 3.63) is 47.1 Å². The molecule has 2 aliphatic heterocycles. The van der Waals surface area contributed by atoms with E-state index >= 15 is 0 Å². The minimum atomic E-state index is 0.0494. The molecule has 2 nitrogen and oxygen atoms in total. The Morgan fingerprint density at radius 3 is 2.93 bits per heavy atom. The highest BCUT2D eigenvalue weighted by atomic mass is 32.2. The predicted molar refractivity (Wildman–Crippen MR) is 57.7 cm³/mol. The Morgan fingerprint density at radius 1 is 1.29 bits per heavy atom. The summed E-state index contributed by atoms with van der Waals surface area (Å²) in [5, 5.41) is 5.57. The summed E-state index contributed by atoms with van der Waals surface area (Å²) < 4.78 is 5.80. The lowest BCUT2D eigenvalue weighted by Gasteiger charge is -2.11. The van der Waals surface area contributed by atoms with Crippen LogP contribution in [0, 0.1) is 0 Å². The lowest BCUT2D eigenvalue weighted by molar-refractivity contribution is 0.148. The van der Waals surface area contributed by atoms with Crippen molar-refractivity contribution in [3.63, 3.8) is 0 Å². The molecule has 0 spiro atoms. The van der Waals surface area contributed by atoms with Crippen LogP contribution in [0.3, 0.4) is 0 Å². The molecule has 0 bridgehead atoms. The maximum Gasteiger partial charge on any atom is 0.176 e. The molecule has 3 heteroatoms. The summed E-state index contributed by atoms with van der Waals surface area (Å²) >= 11 is 1.81. The van der Waals surface area contributed by atoms with Crippen molar-refractivity contribution in [2.45, 2.75) is 12.3 Å². The first-order chi connectivity index (χ1) is 6.93. The van der Waals surface area contributed by atoms with Crippen molar-refractivity contribution in [1.29, 1.82) is 0 Å². The number of hydrogen-bond donors (Lipinski definition) is 1. The molecule has 0 aromatic heterocycles. The number of fused-ring (bicyclic) bond motifs is 1. The number of rotatable bonds is 1. The fourth-order valence-corrected chi connectivity index (χ4v) is 2.71. The molecule has 2 heterocycles.